The van der Waals surface area contributed by atoms with Crippen LogP contribution in [0.4, 0.5) is 0 Å². The largest absolute Gasteiger partial charge is 0.377 e. The molecule has 0 aliphatic heterocycles. The molecule has 2 nitrogen and oxygen atoms in total. The molecule has 1 aromatic carbocycles. The Morgan fingerprint density at radius 1 is 1.05 bits per heavy atom. The molecule has 0 radical (unpaired) electrons. The van der Waals surface area contributed by atoms with Crippen LogP contribution < -0.4 is 5.32 Å². The molecule has 0 aliphatic rings. The van der Waals surface area contributed by atoms with Gasteiger partial charge in [-0.2, -0.15) is 0 Å². The first-order valence-corrected chi connectivity index (χ1v) is 8.08. The van der Waals surface area contributed by atoms with E-state index in [9.17, 15) is 0 Å². The van der Waals surface area contributed by atoms with Crippen LogP contribution in [0.15, 0.2) is 24.3 Å². The normalized spacial score (nSPS) is 11.2. The van der Waals surface area contributed by atoms with Gasteiger partial charge >= 0.3 is 0 Å². The van der Waals surface area contributed by atoms with Crippen molar-refractivity contribution in [2.75, 3.05) is 19.7 Å². The second-order valence-electron chi connectivity index (χ2n) is 5.92. The summed E-state index contributed by atoms with van der Waals surface area (Å²) in [7, 11) is 0. The van der Waals surface area contributed by atoms with Crippen LogP contribution in [0.2, 0.25) is 0 Å². The molecule has 0 aromatic heterocycles. The van der Waals surface area contributed by atoms with Crippen molar-refractivity contribution < 1.29 is 4.74 Å². The van der Waals surface area contributed by atoms with E-state index < -0.39 is 0 Å². The summed E-state index contributed by atoms with van der Waals surface area (Å²) in [5, 5.41) is 3.48. The minimum absolute atomic E-state index is 0.724. The Labute approximate surface area is 124 Å². The summed E-state index contributed by atoms with van der Waals surface area (Å²) in [5.41, 5.74) is 2.68. The number of nitrogens with one attached hydrogen (secondary N) is 1. The number of rotatable bonds is 11. The second kappa shape index (κ2) is 10.9. The van der Waals surface area contributed by atoms with Crippen molar-refractivity contribution in [2.45, 2.75) is 53.1 Å². The molecule has 0 saturated carbocycles. The predicted molar refractivity (Wildman–Crippen MR) is 87.0 cm³/mol. The molecular weight excluding hydrogens is 246 g/mol. The van der Waals surface area contributed by atoms with Crippen molar-refractivity contribution in [3.05, 3.63) is 35.4 Å². The van der Waals surface area contributed by atoms with E-state index in [-0.39, 0.29) is 0 Å². The first kappa shape index (κ1) is 17.2. The summed E-state index contributed by atoms with van der Waals surface area (Å²) in [6.07, 6.45) is 4.80. The molecule has 0 heterocycles. The Morgan fingerprint density at radius 2 is 1.75 bits per heavy atom. The van der Waals surface area contributed by atoms with Crippen LogP contribution in [0.1, 0.15) is 51.2 Å². The van der Waals surface area contributed by atoms with E-state index in [1.807, 2.05) is 0 Å². The average molecular weight is 277 g/mol. The number of ether oxygens (including phenoxy) is 1. The molecule has 1 aromatic rings. The zero-order valence-corrected chi connectivity index (χ0v) is 13.5. The molecule has 114 valence electrons. The standard InChI is InChI=1S/C18H31NO/c1-4-5-6-13-20-15-18-9-7-17(8-10-18)11-12-19-14-16(2)3/h7-10,16,19H,4-6,11-15H2,1-3H3. The topological polar surface area (TPSA) is 21.3 Å². The Morgan fingerprint density at radius 3 is 2.40 bits per heavy atom. The number of hydrogen-bond donors (Lipinski definition) is 1. The SMILES string of the molecule is CCCCCOCc1ccc(CCNCC(C)C)cc1. The summed E-state index contributed by atoms with van der Waals surface area (Å²) in [5.74, 6) is 0.724. The van der Waals surface area contributed by atoms with Gasteiger partial charge < -0.3 is 10.1 Å². The molecule has 0 bridgehead atoms. The minimum Gasteiger partial charge on any atom is -0.377 e. The fourth-order valence-corrected chi connectivity index (χ4v) is 2.07. The van der Waals surface area contributed by atoms with Crippen molar-refractivity contribution in [3.63, 3.8) is 0 Å². The first-order valence-electron chi connectivity index (χ1n) is 8.08. The average Bonchev–Trinajstić information content (AvgIpc) is 2.44. The molecule has 2 heteroatoms. The van der Waals surface area contributed by atoms with Gasteiger partial charge in [0.25, 0.3) is 0 Å². The summed E-state index contributed by atoms with van der Waals surface area (Å²) in [4.78, 5) is 0. The zero-order chi connectivity index (χ0) is 14.6. The molecule has 1 rings (SSSR count). The van der Waals surface area contributed by atoms with Crippen LogP contribution in [0.3, 0.4) is 0 Å². The monoisotopic (exact) mass is 277 g/mol. The molecular formula is C18H31NO. The lowest BCUT2D eigenvalue weighted by Crippen LogP contribution is -2.22. The summed E-state index contributed by atoms with van der Waals surface area (Å²) >= 11 is 0. The highest BCUT2D eigenvalue weighted by Gasteiger charge is 1.97. The molecule has 0 fully saturated rings. The maximum atomic E-state index is 5.67. The van der Waals surface area contributed by atoms with Crippen molar-refractivity contribution >= 4 is 0 Å². The van der Waals surface area contributed by atoms with E-state index in [1.54, 1.807) is 0 Å². The maximum absolute atomic E-state index is 5.67. The highest BCUT2D eigenvalue weighted by molar-refractivity contribution is 5.22. The van der Waals surface area contributed by atoms with Crippen LogP contribution in [0.25, 0.3) is 0 Å². The van der Waals surface area contributed by atoms with E-state index in [4.69, 9.17) is 4.74 Å². The lowest BCUT2D eigenvalue weighted by atomic mass is 10.1. The molecule has 0 saturated heterocycles. The maximum Gasteiger partial charge on any atom is 0.0716 e. The highest BCUT2D eigenvalue weighted by atomic mass is 16.5. The fourth-order valence-electron chi connectivity index (χ4n) is 2.07. The van der Waals surface area contributed by atoms with Crippen LogP contribution in [0.5, 0.6) is 0 Å². The summed E-state index contributed by atoms with van der Waals surface area (Å²) < 4.78 is 5.67. The third-order valence-corrected chi connectivity index (χ3v) is 3.33. The van der Waals surface area contributed by atoms with Crippen LogP contribution >= 0.6 is 0 Å². The van der Waals surface area contributed by atoms with Crippen LogP contribution in [-0.2, 0) is 17.8 Å². The Bertz CT molecular complexity index is 332. The first-order chi connectivity index (χ1) is 9.72. The van der Waals surface area contributed by atoms with Gasteiger partial charge in [0.1, 0.15) is 0 Å². The van der Waals surface area contributed by atoms with E-state index >= 15 is 0 Å². The van der Waals surface area contributed by atoms with Gasteiger partial charge in [-0.25, -0.2) is 0 Å². The molecule has 1 N–H and O–H groups in total. The molecule has 0 amide bonds. The van der Waals surface area contributed by atoms with Gasteiger partial charge in [-0.1, -0.05) is 57.9 Å². The van der Waals surface area contributed by atoms with Gasteiger partial charge in [-0.05, 0) is 43.0 Å². The van der Waals surface area contributed by atoms with Crippen molar-refractivity contribution in [1.29, 1.82) is 0 Å². The van der Waals surface area contributed by atoms with Gasteiger partial charge in [0.2, 0.25) is 0 Å². The highest BCUT2D eigenvalue weighted by Crippen LogP contribution is 2.07. The van der Waals surface area contributed by atoms with Gasteiger partial charge in [0, 0.05) is 6.61 Å². The molecule has 0 aliphatic carbocycles. The van der Waals surface area contributed by atoms with Crippen molar-refractivity contribution in [3.8, 4) is 0 Å². The number of benzene rings is 1. The smallest absolute Gasteiger partial charge is 0.0716 e. The lowest BCUT2D eigenvalue weighted by molar-refractivity contribution is 0.117. The van der Waals surface area contributed by atoms with Crippen LogP contribution in [0, 0.1) is 5.92 Å². The van der Waals surface area contributed by atoms with Gasteiger partial charge in [0.05, 0.1) is 6.61 Å². The van der Waals surface area contributed by atoms with Gasteiger partial charge in [0.15, 0.2) is 0 Å². The van der Waals surface area contributed by atoms with E-state index in [0.29, 0.717) is 0 Å². The van der Waals surface area contributed by atoms with Crippen LogP contribution in [-0.4, -0.2) is 19.7 Å². The zero-order valence-electron chi connectivity index (χ0n) is 13.5. The summed E-state index contributed by atoms with van der Waals surface area (Å²) in [6, 6.07) is 8.83. The predicted octanol–water partition coefficient (Wildman–Crippen LogP) is 4.18. The van der Waals surface area contributed by atoms with E-state index in [2.05, 4.69) is 50.4 Å². The minimum atomic E-state index is 0.724. The lowest BCUT2D eigenvalue weighted by Gasteiger charge is -2.08. The Kier molecular flexibility index (Phi) is 9.35. The number of unbranched alkanes of at least 4 members (excludes halogenated alkanes) is 2. The van der Waals surface area contributed by atoms with E-state index in [0.717, 1.165) is 38.6 Å². The fraction of sp³-hybridized carbons (Fsp3) is 0.667. The Balaban J connectivity index is 2.16. The van der Waals surface area contributed by atoms with Crippen molar-refractivity contribution in [1.82, 2.24) is 5.32 Å². The summed E-state index contributed by atoms with van der Waals surface area (Å²) in [6.45, 7) is 10.5. The molecule has 0 atom stereocenters. The van der Waals surface area contributed by atoms with Gasteiger partial charge in [-0.15, -0.1) is 0 Å². The van der Waals surface area contributed by atoms with Gasteiger partial charge in [-0.3, -0.25) is 0 Å². The van der Waals surface area contributed by atoms with Crippen molar-refractivity contribution in [2.24, 2.45) is 5.92 Å². The second-order valence-corrected chi connectivity index (χ2v) is 5.92. The Hall–Kier alpha value is -0.860. The molecule has 20 heavy (non-hydrogen) atoms. The molecule has 0 unspecified atom stereocenters. The number of hydrogen-bond acceptors (Lipinski definition) is 2. The third kappa shape index (κ3) is 8.34. The molecule has 0 spiro atoms. The third-order valence-electron chi connectivity index (χ3n) is 3.33. The quantitative estimate of drug-likeness (QED) is 0.613. The van der Waals surface area contributed by atoms with E-state index in [1.165, 1.54) is 30.4 Å².